The zero-order valence-electron chi connectivity index (χ0n) is 10.6. The van der Waals surface area contributed by atoms with Crippen LogP contribution in [0.2, 0.25) is 0 Å². The average molecular weight is 331 g/mol. The smallest absolute Gasteiger partial charge is 0.124 e. The highest BCUT2D eigenvalue weighted by atomic mass is 79.9. The van der Waals surface area contributed by atoms with Crippen LogP contribution < -0.4 is 0 Å². The van der Waals surface area contributed by atoms with Crippen molar-refractivity contribution in [3.8, 4) is 0 Å². The molecule has 3 rings (SSSR count). The molecule has 0 aliphatic heterocycles. The molecule has 100 valence electrons. The molecule has 3 aromatic rings. The van der Waals surface area contributed by atoms with Crippen molar-refractivity contribution in [2.45, 2.75) is 6.10 Å². The van der Waals surface area contributed by atoms with Crippen LogP contribution in [0, 0.1) is 5.82 Å². The maximum atomic E-state index is 13.5. The molecule has 3 heteroatoms. The van der Waals surface area contributed by atoms with Gasteiger partial charge in [-0.15, -0.1) is 0 Å². The monoisotopic (exact) mass is 330 g/mol. The van der Waals surface area contributed by atoms with Gasteiger partial charge in [0.1, 0.15) is 11.9 Å². The Kier molecular flexibility index (Phi) is 3.55. The van der Waals surface area contributed by atoms with Gasteiger partial charge in [-0.05, 0) is 40.1 Å². The van der Waals surface area contributed by atoms with Crippen LogP contribution in [0.3, 0.4) is 0 Å². The summed E-state index contributed by atoms with van der Waals surface area (Å²) in [6.45, 7) is 0. The largest absolute Gasteiger partial charge is 0.384 e. The van der Waals surface area contributed by atoms with E-state index < -0.39 is 6.10 Å². The van der Waals surface area contributed by atoms with E-state index in [1.807, 2.05) is 42.5 Å². The number of hydrogen-bond donors (Lipinski definition) is 1. The standard InChI is InChI=1S/C17H12BrFO/c18-13-8-12(9-14(19)10-13)17(20)16-7-3-5-11-4-1-2-6-15(11)16/h1-10,17,20H. The van der Waals surface area contributed by atoms with Crippen molar-refractivity contribution in [3.05, 3.63) is 82.1 Å². The molecule has 0 saturated carbocycles. The number of halogens is 2. The van der Waals surface area contributed by atoms with Crippen LogP contribution in [-0.2, 0) is 0 Å². The summed E-state index contributed by atoms with van der Waals surface area (Å²) in [5.41, 5.74) is 1.31. The Bertz CT molecular complexity index is 744. The van der Waals surface area contributed by atoms with Gasteiger partial charge in [-0.2, -0.15) is 0 Å². The van der Waals surface area contributed by atoms with Crippen molar-refractivity contribution >= 4 is 26.7 Å². The molecule has 20 heavy (non-hydrogen) atoms. The van der Waals surface area contributed by atoms with Crippen LogP contribution in [0.4, 0.5) is 4.39 Å². The summed E-state index contributed by atoms with van der Waals surface area (Å²) in [7, 11) is 0. The van der Waals surface area contributed by atoms with Crippen molar-refractivity contribution in [3.63, 3.8) is 0 Å². The molecule has 1 nitrogen and oxygen atoms in total. The first-order valence-corrected chi connectivity index (χ1v) is 7.06. The minimum atomic E-state index is -0.854. The number of aliphatic hydroxyl groups is 1. The molecule has 0 aromatic heterocycles. The van der Waals surface area contributed by atoms with Gasteiger partial charge in [-0.1, -0.05) is 58.4 Å². The lowest BCUT2D eigenvalue weighted by atomic mass is 9.96. The van der Waals surface area contributed by atoms with Gasteiger partial charge < -0.3 is 5.11 Å². The SMILES string of the molecule is OC(c1cc(F)cc(Br)c1)c1cccc2ccccc12. The molecule has 0 bridgehead atoms. The van der Waals surface area contributed by atoms with Crippen LogP contribution in [-0.4, -0.2) is 5.11 Å². The first-order chi connectivity index (χ1) is 9.65. The highest BCUT2D eigenvalue weighted by molar-refractivity contribution is 9.10. The minimum Gasteiger partial charge on any atom is -0.384 e. The second kappa shape index (κ2) is 5.35. The number of benzene rings is 3. The van der Waals surface area contributed by atoms with Gasteiger partial charge in [0.05, 0.1) is 0 Å². The summed E-state index contributed by atoms with van der Waals surface area (Å²) in [6, 6.07) is 18.1. The molecular weight excluding hydrogens is 319 g/mol. The Hall–Kier alpha value is -1.71. The molecule has 0 spiro atoms. The van der Waals surface area contributed by atoms with Crippen molar-refractivity contribution in [2.75, 3.05) is 0 Å². The van der Waals surface area contributed by atoms with E-state index in [1.165, 1.54) is 12.1 Å². The summed E-state index contributed by atoms with van der Waals surface area (Å²) < 4.78 is 14.1. The van der Waals surface area contributed by atoms with Gasteiger partial charge in [0, 0.05) is 4.47 Å². The molecule has 0 fully saturated rings. The molecule has 1 unspecified atom stereocenters. The summed E-state index contributed by atoms with van der Waals surface area (Å²) in [6.07, 6.45) is -0.854. The second-order valence-corrected chi connectivity index (χ2v) is 5.59. The second-order valence-electron chi connectivity index (χ2n) is 4.67. The molecule has 0 amide bonds. The van der Waals surface area contributed by atoms with Crippen LogP contribution in [0.5, 0.6) is 0 Å². The van der Waals surface area contributed by atoms with Crippen LogP contribution in [0.1, 0.15) is 17.2 Å². The van der Waals surface area contributed by atoms with E-state index in [-0.39, 0.29) is 5.82 Å². The predicted molar refractivity (Wildman–Crippen MR) is 82.1 cm³/mol. The van der Waals surface area contributed by atoms with Gasteiger partial charge in [0.15, 0.2) is 0 Å². The van der Waals surface area contributed by atoms with E-state index >= 15 is 0 Å². The van der Waals surface area contributed by atoms with Gasteiger partial charge >= 0.3 is 0 Å². The highest BCUT2D eigenvalue weighted by Gasteiger charge is 2.14. The van der Waals surface area contributed by atoms with Gasteiger partial charge in [0.25, 0.3) is 0 Å². The first-order valence-electron chi connectivity index (χ1n) is 6.27. The van der Waals surface area contributed by atoms with Crippen molar-refractivity contribution < 1.29 is 9.50 Å². The third-order valence-electron chi connectivity index (χ3n) is 3.32. The van der Waals surface area contributed by atoms with E-state index in [4.69, 9.17) is 0 Å². The molecule has 0 radical (unpaired) electrons. The van der Waals surface area contributed by atoms with Crippen molar-refractivity contribution in [1.29, 1.82) is 0 Å². The maximum Gasteiger partial charge on any atom is 0.124 e. The Labute approximate surface area is 124 Å². The summed E-state index contributed by atoms with van der Waals surface area (Å²) in [5, 5.41) is 12.6. The van der Waals surface area contributed by atoms with E-state index in [2.05, 4.69) is 15.9 Å². The van der Waals surface area contributed by atoms with Crippen molar-refractivity contribution in [2.24, 2.45) is 0 Å². The lowest BCUT2D eigenvalue weighted by molar-refractivity contribution is 0.221. The zero-order chi connectivity index (χ0) is 14.1. The fourth-order valence-corrected chi connectivity index (χ4v) is 2.88. The van der Waals surface area contributed by atoms with Crippen molar-refractivity contribution in [1.82, 2.24) is 0 Å². The summed E-state index contributed by atoms with van der Waals surface area (Å²) in [5.74, 6) is -0.367. The fraction of sp³-hybridized carbons (Fsp3) is 0.0588. The lowest BCUT2D eigenvalue weighted by Gasteiger charge is -2.14. The van der Waals surface area contributed by atoms with Gasteiger partial charge in [-0.25, -0.2) is 4.39 Å². The van der Waals surface area contributed by atoms with Crippen LogP contribution >= 0.6 is 15.9 Å². The van der Waals surface area contributed by atoms with E-state index in [1.54, 1.807) is 6.07 Å². The molecule has 0 aliphatic rings. The fourth-order valence-electron chi connectivity index (χ4n) is 2.40. The topological polar surface area (TPSA) is 20.2 Å². The molecular formula is C17H12BrFO. The first kappa shape index (κ1) is 13.3. The lowest BCUT2D eigenvalue weighted by Crippen LogP contribution is -2.01. The summed E-state index contributed by atoms with van der Waals surface area (Å²) >= 11 is 3.25. The molecule has 3 aromatic carbocycles. The van der Waals surface area contributed by atoms with Crippen LogP contribution in [0.25, 0.3) is 10.8 Å². The molecule has 1 N–H and O–H groups in total. The third kappa shape index (κ3) is 2.47. The Morgan fingerprint density at radius 3 is 2.50 bits per heavy atom. The van der Waals surface area contributed by atoms with Crippen LogP contribution in [0.15, 0.2) is 65.1 Å². The Balaban J connectivity index is 2.15. The quantitative estimate of drug-likeness (QED) is 0.714. The maximum absolute atomic E-state index is 13.5. The molecule has 1 atom stereocenters. The van der Waals surface area contributed by atoms with Gasteiger partial charge in [-0.3, -0.25) is 0 Å². The van der Waals surface area contributed by atoms with E-state index in [9.17, 15) is 9.50 Å². The normalized spacial score (nSPS) is 12.6. The van der Waals surface area contributed by atoms with E-state index in [0.717, 1.165) is 16.3 Å². The number of fused-ring (bicyclic) bond motifs is 1. The molecule has 0 aliphatic carbocycles. The molecule has 0 heterocycles. The Morgan fingerprint density at radius 2 is 1.70 bits per heavy atom. The number of aliphatic hydroxyl groups excluding tert-OH is 1. The minimum absolute atomic E-state index is 0.367. The van der Waals surface area contributed by atoms with E-state index in [0.29, 0.717) is 10.0 Å². The van der Waals surface area contributed by atoms with Gasteiger partial charge in [0.2, 0.25) is 0 Å². The zero-order valence-corrected chi connectivity index (χ0v) is 12.1. The molecule has 0 saturated heterocycles. The number of rotatable bonds is 2. The number of hydrogen-bond acceptors (Lipinski definition) is 1. The third-order valence-corrected chi connectivity index (χ3v) is 3.78. The highest BCUT2D eigenvalue weighted by Crippen LogP contribution is 2.30. The average Bonchev–Trinajstić information content (AvgIpc) is 2.45. The summed E-state index contributed by atoms with van der Waals surface area (Å²) in [4.78, 5) is 0. The predicted octanol–water partition coefficient (Wildman–Crippen LogP) is 4.82. The Morgan fingerprint density at radius 1 is 0.950 bits per heavy atom.